The minimum absolute atomic E-state index is 0.173. The van der Waals surface area contributed by atoms with Gasteiger partial charge >= 0.3 is 0 Å². The molecule has 0 aromatic heterocycles. The Morgan fingerprint density at radius 2 is 1.63 bits per heavy atom. The number of likely N-dealkylation sites (N-methyl/N-ethyl adjacent to an activating group) is 1. The zero-order chi connectivity index (χ0) is 20.2. The van der Waals surface area contributed by atoms with Crippen molar-refractivity contribution in [3.63, 3.8) is 0 Å². The van der Waals surface area contributed by atoms with Crippen molar-refractivity contribution in [2.24, 2.45) is 0 Å². The molecule has 4 nitrogen and oxygen atoms in total. The highest BCUT2D eigenvalue weighted by atomic mass is 16.2. The van der Waals surface area contributed by atoms with Crippen LogP contribution in [-0.4, -0.2) is 73.0 Å². The van der Waals surface area contributed by atoms with Crippen LogP contribution < -0.4 is 0 Å². The third-order valence-corrected chi connectivity index (χ3v) is 5.71. The molecule has 1 aliphatic rings. The number of nitrogens with zero attached hydrogens (tertiary/aromatic N) is 3. The standard InChI is InChI=1S/C23H39N3O/c1-18-16-25(17-19(2)26(18)15-14-24(6)7)22(27)13-10-20-8-11-21(12-9-20)23(3,4)5/h8-9,11-12,18-19H,10,13-17H2,1-7H3. The predicted molar refractivity (Wildman–Crippen MR) is 114 cm³/mol. The summed E-state index contributed by atoms with van der Waals surface area (Å²) < 4.78 is 0. The molecule has 0 bridgehead atoms. The molecule has 4 heteroatoms. The lowest BCUT2D eigenvalue weighted by Crippen LogP contribution is -2.59. The van der Waals surface area contributed by atoms with Gasteiger partial charge in [0.25, 0.3) is 0 Å². The van der Waals surface area contributed by atoms with E-state index in [9.17, 15) is 4.79 Å². The molecule has 2 atom stereocenters. The maximum absolute atomic E-state index is 12.8. The van der Waals surface area contributed by atoms with Crippen LogP contribution in [0.25, 0.3) is 0 Å². The van der Waals surface area contributed by atoms with Crippen LogP contribution in [0.2, 0.25) is 0 Å². The maximum Gasteiger partial charge on any atom is 0.223 e. The van der Waals surface area contributed by atoms with Gasteiger partial charge < -0.3 is 9.80 Å². The van der Waals surface area contributed by atoms with E-state index in [0.29, 0.717) is 24.4 Å². The summed E-state index contributed by atoms with van der Waals surface area (Å²) in [6.07, 6.45) is 1.43. The van der Waals surface area contributed by atoms with E-state index >= 15 is 0 Å². The lowest BCUT2D eigenvalue weighted by molar-refractivity contribution is -0.135. The number of benzene rings is 1. The van der Waals surface area contributed by atoms with Gasteiger partial charge in [0.2, 0.25) is 5.91 Å². The van der Waals surface area contributed by atoms with Crippen molar-refractivity contribution in [3.8, 4) is 0 Å². The third kappa shape index (κ3) is 6.32. The first-order valence-electron chi connectivity index (χ1n) is 10.4. The van der Waals surface area contributed by atoms with Gasteiger partial charge in [-0.2, -0.15) is 0 Å². The van der Waals surface area contributed by atoms with Crippen LogP contribution in [-0.2, 0) is 16.6 Å². The van der Waals surface area contributed by atoms with Crippen LogP contribution in [0.15, 0.2) is 24.3 Å². The highest BCUT2D eigenvalue weighted by Gasteiger charge is 2.31. The van der Waals surface area contributed by atoms with Crippen LogP contribution >= 0.6 is 0 Å². The molecule has 2 unspecified atom stereocenters. The second kappa shape index (κ2) is 9.20. The van der Waals surface area contributed by atoms with Gasteiger partial charge in [-0.05, 0) is 50.9 Å². The molecule has 0 radical (unpaired) electrons. The summed E-state index contributed by atoms with van der Waals surface area (Å²) >= 11 is 0. The van der Waals surface area contributed by atoms with Crippen molar-refractivity contribution in [1.29, 1.82) is 0 Å². The largest absolute Gasteiger partial charge is 0.340 e. The first kappa shape index (κ1) is 21.9. The second-order valence-corrected chi connectivity index (χ2v) is 9.48. The smallest absolute Gasteiger partial charge is 0.223 e. The van der Waals surface area contributed by atoms with Gasteiger partial charge in [0.1, 0.15) is 0 Å². The van der Waals surface area contributed by atoms with Crippen LogP contribution in [0.1, 0.15) is 52.2 Å². The van der Waals surface area contributed by atoms with Gasteiger partial charge in [-0.1, -0.05) is 45.0 Å². The number of hydrogen-bond acceptors (Lipinski definition) is 3. The molecular formula is C23H39N3O. The molecule has 1 fully saturated rings. The summed E-state index contributed by atoms with van der Waals surface area (Å²) in [6.45, 7) is 15.0. The fourth-order valence-corrected chi connectivity index (χ4v) is 3.90. The molecule has 1 aromatic carbocycles. The molecule has 2 rings (SSSR count). The monoisotopic (exact) mass is 373 g/mol. The average Bonchev–Trinajstić information content (AvgIpc) is 2.58. The van der Waals surface area contributed by atoms with E-state index < -0.39 is 0 Å². The van der Waals surface area contributed by atoms with E-state index in [-0.39, 0.29) is 5.41 Å². The molecule has 152 valence electrons. The van der Waals surface area contributed by atoms with Crippen molar-refractivity contribution in [2.75, 3.05) is 40.3 Å². The van der Waals surface area contributed by atoms with Crippen LogP contribution in [0.5, 0.6) is 0 Å². The second-order valence-electron chi connectivity index (χ2n) is 9.48. The van der Waals surface area contributed by atoms with E-state index in [2.05, 4.69) is 87.7 Å². The highest BCUT2D eigenvalue weighted by molar-refractivity contribution is 5.76. The predicted octanol–water partition coefficient (Wildman–Crippen LogP) is 3.40. The van der Waals surface area contributed by atoms with E-state index in [0.717, 1.165) is 32.6 Å². The van der Waals surface area contributed by atoms with Gasteiger partial charge in [0.05, 0.1) is 0 Å². The Bertz CT molecular complexity index is 591. The first-order chi connectivity index (χ1) is 12.6. The molecule has 0 N–H and O–H groups in total. The fourth-order valence-electron chi connectivity index (χ4n) is 3.90. The number of aryl methyl sites for hydroxylation is 1. The van der Waals surface area contributed by atoms with E-state index in [1.807, 2.05) is 0 Å². The zero-order valence-electron chi connectivity index (χ0n) is 18.5. The number of carbonyl (C=O) groups is 1. The number of hydrogen-bond donors (Lipinski definition) is 0. The first-order valence-corrected chi connectivity index (χ1v) is 10.4. The Labute approximate surface area is 166 Å². The molecule has 1 amide bonds. The molecule has 0 saturated carbocycles. The van der Waals surface area contributed by atoms with Crippen LogP contribution in [0.3, 0.4) is 0 Å². The normalized spacial score (nSPS) is 21.7. The van der Waals surface area contributed by atoms with E-state index in [4.69, 9.17) is 0 Å². The average molecular weight is 374 g/mol. The van der Waals surface area contributed by atoms with Crippen molar-refractivity contribution in [1.82, 2.24) is 14.7 Å². The van der Waals surface area contributed by atoms with E-state index in [1.54, 1.807) is 0 Å². The van der Waals surface area contributed by atoms with Crippen molar-refractivity contribution in [3.05, 3.63) is 35.4 Å². The Balaban J connectivity index is 1.86. The Kier molecular flexibility index (Phi) is 7.47. The Morgan fingerprint density at radius 3 is 2.11 bits per heavy atom. The highest BCUT2D eigenvalue weighted by Crippen LogP contribution is 2.23. The summed E-state index contributed by atoms with van der Waals surface area (Å²) in [4.78, 5) is 19.6. The van der Waals surface area contributed by atoms with Gasteiger partial charge in [0.15, 0.2) is 0 Å². The van der Waals surface area contributed by atoms with Crippen LogP contribution in [0.4, 0.5) is 0 Å². The molecule has 1 aliphatic heterocycles. The van der Waals surface area contributed by atoms with Crippen molar-refractivity contribution >= 4 is 5.91 Å². The summed E-state index contributed by atoms with van der Waals surface area (Å²) in [7, 11) is 4.23. The quantitative estimate of drug-likeness (QED) is 0.765. The zero-order valence-corrected chi connectivity index (χ0v) is 18.5. The number of rotatable bonds is 6. The Morgan fingerprint density at radius 1 is 1.07 bits per heavy atom. The van der Waals surface area contributed by atoms with Crippen molar-refractivity contribution in [2.45, 2.75) is 65.0 Å². The maximum atomic E-state index is 12.8. The minimum Gasteiger partial charge on any atom is -0.340 e. The topological polar surface area (TPSA) is 26.8 Å². The number of piperazine rings is 1. The SMILES string of the molecule is CC1CN(C(=O)CCc2ccc(C(C)(C)C)cc2)CC(C)N1CCN(C)C. The van der Waals surface area contributed by atoms with Gasteiger partial charge in [-0.3, -0.25) is 9.69 Å². The molecule has 27 heavy (non-hydrogen) atoms. The van der Waals surface area contributed by atoms with Gasteiger partial charge in [-0.15, -0.1) is 0 Å². The van der Waals surface area contributed by atoms with E-state index in [1.165, 1.54) is 11.1 Å². The third-order valence-electron chi connectivity index (χ3n) is 5.71. The number of amides is 1. The molecule has 1 heterocycles. The summed E-state index contributed by atoms with van der Waals surface area (Å²) in [5.41, 5.74) is 2.77. The Hall–Kier alpha value is -1.39. The van der Waals surface area contributed by atoms with Crippen molar-refractivity contribution < 1.29 is 4.79 Å². The molecule has 1 saturated heterocycles. The molecule has 0 aliphatic carbocycles. The summed E-state index contributed by atoms with van der Waals surface area (Å²) in [5, 5.41) is 0. The minimum atomic E-state index is 0.173. The molecule has 0 spiro atoms. The lowest BCUT2D eigenvalue weighted by Gasteiger charge is -2.45. The molecule has 1 aromatic rings. The summed E-state index contributed by atoms with van der Waals surface area (Å²) in [5.74, 6) is 0.292. The fraction of sp³-hybridized carbons (Fsp3) is 0.696. The van der Waals surface area contributed by atoms with Gasteiger partial charge in [0, 0.05) is 44.7 Å². The van der Waals surface area contributed by atoms with Crippen LogP contribution in [0, 0.1) is 0 Å². The molecular weight excluding hydrogens is 334 g/mol. The number of carbonyl (C=O) groups excluding carboxylic acids is 1. The lowest BCUT2D eigenvalue weighted by atomic mass is 9.86. The van der Waals surface area contributed by atoms with Gasteiger partial charge in [-0.25, -0.2) is 0 Å². The summed E-state index contributed by atoms with van der Waals surface area (Å²) in [6, 6.07) is 9.60.